The quantitative estimate of drug-likeness (QED) is 0.240. The summed E-state index contributed by atoms with van der Waals surface area (Å²) in [6, 6.07) is 16.0. The van der Waals surface area contributed by atoms with Gasteiger partial charge in [0.05, 0.1) is 12.4 Å². The molecule has 0 unspecified atom stereocenters. The molecule has 0 spiro atoms. The van der Waals surface area contributed by atoms with Gasteiger partial charge in [-0.05, 0) is 46.0 Å². The predicted molar refractivity (Wildman–Crippen MR) is 116 cm³/mol. The largest absolute Gasteiger partial charge is 0.375 e. The number of hydrogen-bond acceptors (Lipinski definition) is 4. The minimum Gasteiger partial charge on any atom is -0.375 e. The summed E-state index contributed by atoms with van der Waals surface area (Å²) >= 11 is 9.60. The molecule has 3 rings (SSSR count). The lowest BCUT2D eigenvalue weighted by Gasteiger charge is -2.12. The fraction of sp³-hybridized carbons (Fsp3) is 0. The molecule has 0 atom stereocenters. The summed E-state index contributed by atoms with van der Waals surface area (Å²) in [5.74, 6) is 0. The van der Waals surface area contributed by atoms with Crippen LogP contribution in [0.5, 0.6) is 0 Å². The van der Waals surface area contributed by atoms with Crippen LogP contribution in [0.15, 0.2) is 58.7 Å². The van der Waals surface area contributed by atoms with E-state index in [1.807, 2.05) is 48.5 Å². The predicted octanol–water partition coefficient (Wildman–Crippen LogP) is 2.33. The van der Waals surface area contributed by atoms with Gasteiger partial charge in [-0.2, -0.15) is 10.2 Å². The van der Waals surface area contributed by atoms with Gasteiger partial charge in [-0.1, -0.05) is 48.5 Å². The van der Waals surface area contributed by atoms with Gasteiger partial charge in [0.1, 0.15) is 0 Å². The van der Waals surface area contributed by atoms with Gasteiger partial charge in [-0.3, -0.25) is 10.9 Å². The highest BCUT2D eigenvalue weighted by Crippen LogP contribution is 2.31. The standard InChI is InChI=1S/C18H16N6S2/c19-17(25)23-21-9-15-11-5-1-2-6-12(11)16(10-22-24-18(20)26)14-8-4-3-7-13(14)15/h1-10H,(H3,19,23,25)(H3,20,24,26)/b21-9+,22-10+. The zero-order valence-corrected chi connectivity index (χ0v) is 15.3. The van der Waals surface area contributed by atoms with Crippen molar-refractivity contribution in [2.45, 2.75) is 0 Å². The average Bonchev–Trinajstić information content (AvgIpc) is 2.62. The van der Waals surface area contributed by atoms with Crippen LogP contribution >= 0.6 is 24.4 Å². The third-order valence-corrected chi connectivity index (χ3v) is 3.93. The van der Waals surface area contributed by atoms with E-state index in [1.165, 1.54) is 0 Å². The maximum Gasteiger partial charge on any atom is 0.184 e. The first-order chi connectivity index (χ1) is 12.6. The Morgan fingerprint density at radius 3 is 1.27 bits per heavy atom. The molecule has 26 heavy (non-hydrogen) atoms. The van der Waals surface area contributed by atoms with Crippen molar-refractivity contribution in [3.05, 3.63) is 59.7 Å². The minimum atomic E-state index is 0.113. The zero-order valence-electron chi connectivity index (χ0n) is 13.6. The summed E-state index contributed by atoms with van der Waals surface area (Å²) < 4.78 is 0. The fourth-order valence-electron chi connectivity index (χ4n) is 2.79. The summed E-state index contributed by atoms with van der Waals surface area (Å²) in [7, 11) is 0. The first-order valence-corrected chi connectivity index (χ1v) is 8.50. The van der Waals surface area contributed by atoms with Crippen molar-refractivity contribution in [1.29, 1.82) is 0 Å². The van der Waals surface area contributed by atoms with E-state index in [4.69, 9.17) is 35.9 Å². The first-order valence-electron chi connectivity index (χ1n) is 7.68. The Labute approximate surface area is 160 Å². The summed E-state index contributed by atoms with van der Waals surface area (Å²) in [6.07, 6.45) is 3.44. The van der Waals surface area contributed by atoms with E-state index < -0.39 is 0 Å². The lowest BCUT2D eigenvalue weighted by Crippen LogP contribution is -2.24. The molecule has 8 heteroatoms. The third-order valence-electron chi connectivity index (χ3n) is 3.75. The molecule has 6 nitrogen and oxygen atoms in total. The Kier molecular flexibility index (Phi) is 5.35. The van der Waals surface area contributed by atoms with Crippen LogP contribution in [0.2, 0.25) is 0 Å². The summed E-state index contributed by atoms with van der Waals surface area (Å²) in [4.78, 5) is 0. The molecule has 0 bridgehead atoms. The molecule has 0 saturated carbocycles. The smallest absolute Gasteiger partial charge is 0.184 e. The Morgan fingerprint density at radius 2 is 1.00 bits per heavy atom. The highest BCUT2D eigenvalue weighted by Gasteiger charge is 2.11. The van der Waals surface area contributed by atoms with Crippen molar-refractivity contribution in [3.8, 4) is 0 Å². The highest BCUT2D eigenvalue weighted by atomic mass is 32.1. The van der Waals surface area contributed by atoms with Crippen molar-refractivity contribution < 1.29 is 0 Å². The Hall–Kier alpha value is -3.10. The number of nitrogens with two attached hydrogens (primary N) is 2. The zero-order chi connectivity index (χ0) is 18.5. The molecular formula is C18H16N6S2. The van der Waals surface area contributed by atoms with Crippen molar-refractivity contribution in [2.75, 3.05) is 0 Å². The van der Waals surface area contributed by atoms with Crippen LogP contribution in [0.3, 0.4) is 0 Å². The normalized spacial score (nSPS) is 11.4. The molecule has 0 heterocycles. The summed E-state index contributed by atoms with van der Waals surface area (Å²) in [6.45, 7) is 0. The Bertz CT molecular complexity index is 917. The molecule has 3 aromatic carbocycles. The van der Waals surface area contributed by atoms with E-state index in [0.29, 0.717) is 0 Å². The topological polar surface area (TPSA) is 101 Å². The second-order valence-corrected chi connectivity index (χ2v) is 6.27. The number of thiocarbonyl (C=S) groups is 2. The monoisotopic (exact) mass is 380 g/mol. The fourth-order valence-corrected chi connectivity index (χ4v) is 2.90. The van der Waals surface area contributed by atoms with Crippen molar-refractivity contribution in [1.82, 2.24) is 10.9 Å². The Balaban J connectivity index is 2.28. The van der Waals surface area contributed by atoms with Gasteiger partial charge in [-0.15, -0.1) is 0 Å². The molecule has 3 aromatic rings. The van der Waals surface area contributed by atoms with Gasteiger partial charge >= 0.3 is 0 Å². The van der Waals surface area contributed by atoms with Crippen LogP contribution < -0.4 is 22.3 Å². The average molecular weight is 381 g/mol. The van der Waals surface area contributed by atoms with Gasteiger partial charge in [0, 0.05) is 11.1 Å². The first kappa shape index (κ1) is 17.7. The molecule has 0 saturated heterocycles. The van der Waals surface area contributed by atoms with Gasteiger partial charge in [0.25, 0.3) is 0 Å². The van der Waals surface area contributed by atoms with Crippen LogP contribution in [0.25, 0.3) is 21.5 Å². The van der Waals surface area contributed by atoms with Gasteiger partial charge in [0.2, 0.25) is 0 Å². The van der Waals surface area contributed by atoms with E-state index in [1.54, 1.807) is 12.4 Å². The van der Waals surface area contributed by atoms with E-state index in [9.17, 15) is 0 Å². The highest BCUT2D eigenvalue weighted by molar-refractivity contribution is 7.80. The Morgan fingerprint density at radius 1 is 0.692 bits per heavy atom. The molecule has 0 aliphatic heterocycles. The number of nitrogens with zero attached hydrogens (tertiary/aromatic N) is 2. The van der Waals surface area contributed by atoms with Crippen LogP contribution in [0.4, 0.5) is 0 Å². The van der Waals surface area contributed by atoms with Crippen LogP contribution in [0.1, 0.15) is 11.1 Å². The molecule has 130 valence electrons. The molecule has 0 aromatic heterocycles. The number of hydrazone groups is 2. The van der Waals surface area contributed by atoms with Crippen molar-refractivity contribution in [2.24, 2.45) is 21.7 Å². The maximum atomic E-state index is 5.45. The number of nitrogens with one attached hydrogen (secondary N) is 2. The maximum absolute atomic E-state index is 5.45. The lowest BCUT2D eigenvalue weighted by atomic mass is 9.92. The number of rotatable bonds is 4. The van der Waals surface area contributed by atoms with Crippen molar-refractivity contribution >= 4 is 68.6 Å². The third kappa shape index (κ3) is 3.76. The van der Waals surface area contributed by atoms with E-state index in [-0.39, 0.29) is 10.2 Å². The molecule has 0 radical (unpaired) electrons. The number of benzene rings is 3. The molecule has 0 amide bonds. The second-order valence-electron chi connectivity index (χ2n) is 5.39. The molecule has 0 aliphatic rings. The number of hydrogen-bond donors (Lipinski definition) is 4. The van der Waals surface area contributed by atoms with Gasteiger partial charge < -0.3 is 11.5 Å². The summed E-state index contributed by atoms with van der Waals surface area (Å²) in [5.41, 5.74) is 18.0. The van der Waals surface area contributed by atoms with E-state index in [0.717, 1.165) is 32.7 Å². The van der Waals surface area contributed by atoms with Crippen LogP contribution in [0, 0.1) is 0 Å². The SMILES string of the molecule is NC(=S)N/N=C/c1c2ccccc2c(/C=N/NC(N)=S)c2ccccc12. The van der Waals surface area contributed by atoms with E-state index in [2.05, 4.69) is 21.1 Å². The summed E-state index contributed by atoms with van der Waals surface area (Å²) in [5, 5.41) is 12.6. The molecule has 0 fully saturated rings. The van der Waals surface area contributed by atoms with Gasteiger partial charge in [0.15, 0.2) is 10.2 Å². The molecule has 0 aliphatic carbocycles. The number of fused-ring (bicyclic) bond motifs is 2. The molecular weight excluding hydrogens is 364 g/mol. The van der Waals surface area contributed by atoms with Crippen LogP contribution in [-0.2, 0) is 0 Å². The lowest BCUT2D eigenvalue weighted by molar-refractivity contribution is 1.04. The van der Waals surface area contributed by atoms with Crippen LogP contribution in [-0.4, -0.2) is 22.7 Å². The minimum absolute atomic E-state index is 0.113. The molecule has 6 N–H and O–H groups in total. The van der Waals surface area contributed by atoms with Gasteiger partial charge in [-0.25, -0.2) is 0 Å². The van der Waals surface area contributed by atoms with Crippen molar-refractivity contribution in [3.63, 3.8) is 0 Å². The second kappa shape index (κ2) is 7.85. The van der Waals surface area contributed by atoms with E-state index >= 15 is 0 Å².